The second kappa shape index (κ2) is 8.26. The highest BCUT2D eigenvalue weighted by Gasteiger charge is 2.31. The standard InChI is InChI=1S/C15H21BrS3/c1-17-15(18-11-4-12-19-15)10-3-2-5-13-6-8-14(16)9-7-13/h6-9H,2-5,10-12H2,1H3/i8T. The second-order valence-electron chi connectivity index (χ2n) is 4.69. The lowest BCUT2D eigenvalue weighted by Crippen LogP contribution is -2.20. The van der Waals surface area contributed by atoms with Crippen molar-refractivity contribution in [1.29, 1.82) is 0 Å². The van der Waals surface area contributed by atoms with E-state index in [1.165, 1.54) is 42.8 Å². The van der Waals surface area contributed by atoms with Crippen molar-refractivity contribution in [1.82, 2.24) is 0 Å². The SMILES string of the molecule is [3H]c1cc(CCCCC2(SC)SCCCS2)ccc1Br. The summed E-state index contributed by atoms with van der Waals surface area (Å²) in [5.41, 5.74) is 1.29. The lowest BCUT2D eigenvalue weighted by atomic mass is 10.1. The van der Waals surface area contributed by atoms with E-state index in [1.54, 1.807) is 0 Å². The molecule has 19 heavy (non-hydrogen) atoms. The third-order valence-corrected chi connectivity index (χ3v) is 9.29. The van der Waals surface area contributed by atoms with Crippen LogP contribution in [0.5, 0.6) is 0 Å². The van der Waals surface area contributed by atoms with E-state index in [4.69, 9.17) is 1.37 Å². The van der Waals surface area contributed by atoms with Crippen LogP contribution in [0.2, 0.25) is 0 Å². The first-order valence-electron chi connectivity index (χ1n) is 7.23. The third-order valence-electron chi connectivity index (χ3n) is 3.28. The average Bonchev–Trinajstić information content (AvgIpc) is 2.48. The van der Waals surface area contributed by atoms with Gasteiger partial charge in [0.2, 0.25) is 0 Å². The molecule has 4 heteroatoms. The van der Waals surface area contributed by atoms with E-state index >= 15 is 0 Å². The van der Waals surface area contributed by atoms with E-state index in [-0.39, 0.29) is 0 Å². The topological polar surface area (TPSA) is 0 Å². The average molecular weight is 379 g/mol. The second-order valence-corrected chi connectivity index (χ2v) is 10.2. The van der Waals surface area contributed by atoms with Crippen LogP contribution in [0.3, 0.4) is 0 Å². The van der Waals surface area contributed by atoms with E-state index < -0.39 is 0 Å². The Morgan fingerprint density at radius 1 is 1.32 bits per heavy atom. The van der Waals surface area contributed by atoms with Gasteiger partial charge in [-0.1, -0.05) is 34.5 Å². The van der Waals surface area contributed by atoms with Crippen LogP contribution >= 0.6 is 51.2 Å². The summed E-state index contributed by atoms with van der Waals surface area (Å²) < 4.78 is 9.11. The molecule has 1 aliphatic heterocycles. The Morgan fingerprint density at radius 3 is 2.79 bits per heavy atom. The molecule has 2 rings (SSSR count). The van der Waals surface area contributed by atoms with Gasteiger partial charge in [-0.2, -0.15) is 0 Å². The highest BCUT2D eigenvalue weighted by molar-refractivity contribution is 9.10. The Balaban J connectivity index is 1.76. The molecular weight excluding hydrogens is 356 g/mol. The minimum Gasteiger partial charge on any atom is -0.137 e. The van der Waals surface area contributed by atoms with Crippen LogP contribution < -0.4 is 0 Å². The number of rotatable bonds is 6. The number of benzene rings is 1. The van der Waals surface area contributed by atoms with Gasteiger partial charge in [-0.05, 0) is 61.1 Å². The van der Waals surface area contributed by atoms with Gasteiger partial charge in [0.25, 0.3) is 0 Å². The molecule has 1 heterocycles. The molecule has 0 unspecified atom stereocenters. The zero-order valence-corrected chi connectivity index (χ0v) is 15.3. The van der Waals surface area contributed by atoms with Gasteiger partial charge in [0, 0.05) is 4.47 Å². The van der Waals surface area contributed by atoms with Gasteiger partial charge in [0.05, 0.1) is 1.37 Å². The van der Waals surface area contributed by atoms with Gasteiger partial charge in [0.15, 0.2) is 0 Å². The first kappa shape index (κ1) is 14.7. The molecule has 0 amide bonds. The molecule has 1 aliphatic rings. The van der Waals surface area contributed by atoms with Crippen LogP contribution in [0.15, 0.2) is 28.7 Å². The summed E-state index contributed by atoms with van der Waals surface area (Å²) in [6, 6.07) is 6.71. The lowest BCUT2D eigenvalue weighted by Gasteiger charge is -2.34. The fourth-order valence-electron chi connectivity index (χ4n) is 2.18. The molecule has 1 fully saturated rings. The number of hydrogen-bond donors (Lipinski definition) is 0. The fraction of sp³-hybridized carbons (Fsp3) is 0.600. The molecule has 0 nitrogen and oxygen atoms in total. The lowest BCUT2D eigenvalue weighted by molar-refractivity contribution is 0.698. The Labute approximate surface area is 139 Å². The molecule has 0 saturated carbocycles. The van der Waals surface area contributed by atoms with Gasteiger partial charge in [-0.15, -0.1) is 35.3 Å². The summed E-state index contributed by atoms with van der Waals surface area (Å²) in [5, 5.41) is 0. The molecular formula is C15H21BrS3. The number of hydrogen-bond acceptors (Lipinski definition) is 3. The van der Waals surface area contributed by atoms with Crippen molar-refractivity contribution >= 4 is 51.2 Å². The molecule has 1 aromatic carbocycles. The van der Waals surface area contributed by atoms with E-state index in [1.807, 2.05) is 23.9 Å². The third kappa shape index (κ3) is 5.22. The number of unbranched alkanes of at least 4 members (excludes halogenated alkanes) is 1. The van der Waals surface area contributed by atoms with Crippen molar-refractivity contribution in [3.05, 3.63) is 34.3 Å². The number of aryl methyl sites for hydroxylation is 1. The van der Waals surface area contributed by atoms with E-state index in [0.717, 1.165) is 10.9 Å². The van der Waals surface area contributed by atoms with Crippen molar-refractivity contribution in [2.24, 2.45) is 0 Å². The van der Waals surface area contributed by atoms with E-state index in [2.05, 4.69) is 51.8 Å². The van der Waals surface area contributed by atoms with Gasteiger partial charge < -0.3 is 0 Å². The Hall–Kier alpha value is 0.750. The molecule has 1 saturated heterocycles. The summed E-state index contributed by atoms with van der Waals surface area (Å²) in [6.45, 7) is 0. The first-order valence-corrected chi connectivity index (χ1v) is 10.7. The zero-order valence-electron chi connectivity index (χ0n) is 12.3. The van der Waals surface area contributed by atoms with Crippen LogP contribution in [0.4, 0.5) is 0 Å². The van der Waals surface area contributed by atoms with E-state index in [9.17, 15) is 0 Å². The van der Waals surface area contributed by atoms with Crippen molar-refractivity contribution < 1.29 is 1.37 Å². The van der Waals surface area contributed by atoms with Crippen LogP contribution in [0.1, 0.15) is 32.6 Å². The summed E-state index contributed by atoms with van der Waals surface area (Å²) in [4.78, 5) is 0. The predicted octanol–water partition coefficient (Wildman–Crippen LogP) is 6.05. The van der Waals surface area contributed by atoms with Gasteiger partial charge in [-0.3, -0.25) is 0 Å². The molecule has 0 bridgehead atoms. The minimum atomic E-state index is 0.415. The maximum Gasteiger partial charge on any atom is 0.106 e. The smallest absolute Gasteiger partial charge is 0.106 e. The Morgan fingerprint density at radius 2 is 2.11 bits per heavy atom. The molecule has 0 aromatic heterocycles. The Bertz CT molecular complexity index is 433. The van der Waals surface area contributed by atoms with Crippen LogP contribution in [-0.4, -0.2) is 21.2 Å². The monoisotopic (exact) mass is 378 g/mol. The Kier molecular flexibility index (Phi) is 6.38. The van der Waals surface area contributed by atoms with Crippen molar-refractivity contribution in [3.63, 3.8) is 0 Å². The van der Waals surface area contributed by atoms with Crippen LogP contribution in [-0.2, 0) is 6.42 Å². The summed E-state index contributed by atoms with van der Waals surface area (Å²) in [7, 11) is 0. The maximum atomic E-state index is 7.81. The quantitative estimate of drug-likeness (QED) is 0.552. The van der Waals surface area contributed by atoms with Gasteiger partial charge >= 0.3 is 0 Å². The van der Waals surface area contributed by atoms with Crippen molar-refractivity contribution in [3.8, 4) is 0 Å². The highest BCUT2D eigenvalue weighted by Crippen LogP contribution is 2.52. The zero-order chi connectivity index (χ0) is 14.4. The minimum absolute atomic E-state index is 0.415. The normalized spacial score (nSPS) is 19.2. The molecule has 106 valence electrons. The van der Waals surface area contributed by atoms with Gasteiger partial charge in [0.1, 0.15) is 3.41 Å². The molecule has 0 aliphatic carbocycles. The summed E-state index contributed by atoms with van der Waals surface area (Å²) in [6.07, 6.45) is 8.52. The molecule has 0 atom stereocenters. The molecule has 1 aromatic rings. The fourth-order valence-corrected chi connectivity index (χ4v) is 7.02. The number of thioether (sulfide) groups is 3. The predicted molar refractivity (Wildman–Crippen MR) is 97.5 cm³/mol. The number of halogens is 1. The van der Waals surface area contributed by atoms with Crippen molar-refractivity contribution in [2.75, 3.05) is 17.8 Å². The van der Waals surface area contributed by atoms with Crippen molar-refractivity contribution in [2.45, 2.75) is 35.5 Å². The maximum absolute atomic E-state index is 7.81. The molecule has 0 spiro atoms. The van der Waals surface area contributed by atoms with Gasteiger partial charge in [-0.25, -0.2) is 0 Å². The highest BCUT2D eigenvalue weighted by atomic mass is 79.9. The summed E-state index contributed by atoms with van der Waals surface area (Å²) >= 11 is 9.72. The molecule has 0 radical (unpaired) electrons. The largest absolute Gasteiger partial charge is 0.137 e. The first-order chi connectivity index (χ1) is 9.65. The van der Waals surface area contributed by atoms with E-state index in [0.29, 0.717) is 9.45 Å². The van der Waals surface area contributed by atoms with Crippen LogP contribution in [0, 0.1) is 0 Å². The van der Waals surface area contributed by atoms with Crippen LogP contribution in [0.25, 0.3) is 0 Å². The molecule has 0 N–H and O–H groups in total. The summed E-state index contributed by atoms with van der Waals surface area (Å²) in [5.74, 6) is 2.64.